The molecule has 0 bridgehead atoms. The van der Waals surface area contributed by atoms with Gasteiger partial charge in [-0.3, -0.25) is 4.90 Å². The van der Waals surface area contributed by atoms with E-state index < -0.39 is 0 Å². The molecule has 0 unspecified atom stereocenters. The van der Waals surface area contributed by atoms with Crippen LogP contribution in [0.3, 0.4) is 0 Å². The molecule has 0 aromatic carbocycles. The summed E-state index contributed by atoms with van der Waals surface area (Å²) in [5, 5.41) is 2.14. The molecule has 0 aliphatic carbocycles. The Balaban J connectivity index is 2.05. The highest BCUT2D eigenvalue weighted by Crippen LogP contribution is 2.28. The van der Waals surface area contributed by atoms with Crippen LogP contribution < -0.4 is 0 Å². The summed E-state index contributed by atoms with van der Waals surface area (Å²) in [6.45, 7) is 3.34. The van der Waals surface area contributed by atoms with Crippen LogP contribution >= 0.6 is 11.3 Å². The van der Waals surface area contributed by atoms with Gasteiger partial charge in [0, 0.05) is 25.3 Å². The van der Waals surface area contributed by atoms with Crippen molar-refractivity contribution in [3.63, 3.8) is 0 Å². The van der Waals surface area contributed by atoms with E-state index in [9.17, 15) is 0 Å². The van der Waals surface area contributed by atoms with Gasteiger partial charge >= 0.3 is 0 Å². The molecule has 0 atom stereocenters. The largest absolute Gasteiger partial charge is 0.341 e. The molecule has 3 heteroatoms. The topological polar surface area (TPSA) is 8.17 Å². The zero-order valence-electron chi connectivity index (χ0n) is 8.81. The summed E-state index contributed by atoms with van der Waals surface area (Å²) in [4.78, 5) is 3.75. The van der Waals surface area contributed by atoms with Crippen molar-refractivity contribution in [2.45, 2.75) is 13.1 Å². The molecule has 15 heavy (non-hydrogen) atoms. The van der Waals surface area contributed by atoms with E-state index in [0.717, 1.165) is 19.6 Å². The number of aromatic nitrogens is 1. The molecule has 2 aromatic rings. The predicted molar refractivity (Wildman–Crippen MR) is 64.1 cm³/mol. The molecule has 0 radical (unpaired) electrons. The van der Waals surface area contributed by atoms with Gasteiger partial charge in [-0.15, -0.1) is 11.3 Å². The lowest BCUT2D eigenvalue weighted by Gasteiger charge is -2.25. The number of hydrogen-bond donors (Lipinski definition) is 0. The van der Waals surface area contributed by atoms with Gasteiger partial charge in [0.25, 0.3) is 0 Å². The molecule has 78 valence electrons. The van der Waals surface area contributed by atoms with Crippen molar-refractivity contribution < 1.29 is 0 Å². The first-order valence-corrected chi connectivity index (χ1v) is 6.13. The minimum atomic E-state index is 1.07. The van der Waals surface area contributed by atoms with Gasteiger partial charge in [-0.1, -0.05) is 6.07 Å². The van der Waals surface area contributed by atoms with Crippen LogP contribution in [0.2, 0.25) is 0 Å². The first kappa shape index (κ1) is 9.19. The number of likely N-dealkylation sites (N-methyl/N-ethyl adjacent to an activating group) is 1. The fourth-order valence-electron chi connectivity index (χ4n) is 2.18. The van der Waals surface area contributed by atoms with Crippen LogP contribution in [0, 0.1) is 0 Å². The number of rotatable bonds is 1. The molecule has 0 saturated heterocycles. The monoisotopic (exact) mass is 218 g/mol. The Morgan fingerprint density at radius 2 is 2.13 bits per heavy atom. The van der Waals surface area contributed by atoms with Gasteiger partial charge in [0.05, 0.1) is 10.6 Å². The molecule has 0 spiro atoms. The summed E-state index contributed by atoms with van der Waals surface area (Å²) < 4.78 is 2.45. The van der Waals surface area contributed by atoms with Crippen molar-refractivity contribution in [3.05, 3.63) is 35.3 Å². The van der Waals surface area contributed by atoms with E-state index in [4.69, 9.17) is 0 Å². The first-order valence-electron chi connectivity index (χ1n) is 5.25. The first-order chi connectivity index (χ1) is 7.34. The molecule has 2 nitrogen and oxygen atoms in total. The van der Waals surface area contributed by atoms with E-state index in [1.807, 2.05) is 11.3 Å². The Hall–Kier alpha value is -1.06. The summed E-state index contributed by atoms with van der Waals surface area (Å²) in [6.07, 6.45) is 0. The molecule has 1 aliphatic rings. The molecule has 3 heterocycles. The van der Waals surface area contributed by atoms with E-state index in [2.05, 4.69) is 46.2 Å². The maximum absolute atomic E-state index is 2.45. The zero-order valence-corrected chi connectivity index (χ0v) is 9.63. The second-order valence-corrected chi connectivity index (χ2v) is 5.02. The Morgan fingerprint density at radius 1 is 1.20 bits per heavy atom. The molecule has 2 aromatic heterocycles. The van der Waals surface area contributed by atoms with Crippen molar-refractivity contribution in [1.82, 2.24) is 9.47 Å². The van der Waals surface area contributed by atoms with E-state index in [1.165, 1.54) is 16.3 Å². The highest BCUT2D eigenvalue weighted by molar-refractivity contribution is 7.13. The number of hydrogen-bond acceptors (Lipinski definition) is 2. The van der Waals surface area contributed by atoms with Gasteiger partial charge in [0.15, 0.2) is 0 Å². The average molecular weight is 218 g/mol. The van der Waals surface area contributed by atoms with Gasteiger partial charge in [0.2, 0.25) is 0 Å². The van der Waals surface area contributed by atoms with Crippen LogP contribution in [0.5, 0.6) is 0 Å². The standard InChI is InChI=1S/C12H14N2S/c1-13-6-7-14-10(9-13)4-5-11(14)12-3-2-8-15-12/h2-5,8H,6-7,9H2,1H3. The third kappa shape index (κ3) is 1.52. The Bertz CT molecular complexity index is 456. The molecule has 0 saturated carbocycles. The molecule has 0 N–H and O–H groups in total. The summed E-state index contributed by atoms with van der Waals surface area (Å²) in [7, 11) is 2.18. The number of nitrogens with zero attached hydrogens (tertiary/aromatic N) is 2. The third-order valence-corrected chi connectivity index (χ3v) is 3.87. The normalized spacial score (nSPS) is 16.6. The molecular formula is C12H14N2S. The fraction of sp³-hybridized carbons (Fsp3) is 0.333. The van der Waals surface area contributed by atoms with Gasteiger partial charge in [0.1, 0.15) is 0 Å². The third-order valence-electron chi connectivity index (χ3n) is 2.98. The minimum Gasteiger partial charge on any atom is -0.341 e. The highest BCUT2D eigenvalue weighted by atomic mass is 32.1. The second-order valence-electron chi connectivity index (χ2n) is 4.08. The van der Waals surface area contributed by atoms with E-state index >= 15 is 0 Å². The molecular weight excluding hydrogens is 204 g/mol. The Kier molecular flexibility index (Phi) is 2.15. The average Bonchev–Trinajstić information content (AvgIpc) is 2.82. The van der Waals surface area contributed by atoms with Crippen LogP contribution in [0.1, 0.15) is 5.69 Å². The molecule has 0 amide bonds. The Morgan fingerprint density at radius 3 is 2.93 bits per heavy atom. The minimum absolute atomic E-state index is 1.07. The quantitative estimate of drug-likeness (QED) is 0.714. The van der Waals surface area contributed by atoms with Gasteiger partial charge in [-0.05, 0) is 30.6 Å². The summed E-state index contributed by atoms with van der Waals surface area (Å²) in [5.41, 5.74) is 2.82. The maximum Gasteiger partial charge on any atom is 0.0584 e. The van der Waals surface area contributed by atoms with Crippen molar-refractivity contribution in [2.24, 2.45) is 0 Å². The fourth-order valence-corrected chi connectivity index (χ4v) is 2.94. The lowest BCUT2D eigenvalue weighted by Crippen LogP contribution is -2.30. The smallest absolute Gasteiger partial charge is 0.0584 e. The second kappa shape index (κ2) is 3.51. The molecule has 3 rings (SSSR count). The lowest BCUT2D eigenvalue weighted by molar-refractivity contribution is 0.271. The van der Waals surface area contributed by atoms with Crippen molar-refractivity contribution in [3.8, 4) is 10.6 Å². The highest BCUT2D eigenvalue weighted by Gasteiger charge is 2.16. The zero-order chi connectivity index (χ0) is 10.3. The van der Waals surface area contributed by atoms with E-state index in [-0.39, 0.29) is 0 Å². The predicted octanol–water partition coefficient (Wildman–Crippen LogP) is 2.66. The van der Waals surface area contributed by atoms with Gasteiger partial charge < -0.3 is 4.57 Å². The van der Waals surface area contributed by atoms with Crippen LogP contribution in [0.25, 0.3) is 10.6 Å². The van der Waals surface area contributed by atoms with E-state index in [0.29, 0.717) is 0 Å². The summed E-state index contributed by atoms with van der Waals surface area (Å²) in [5.74, 6) is 0. The van der Waals surface area contributed by atoms with Crippen molar-refractivity contribution in [2.75, 3.05) is 13.6 Å². The van der Waals surface area contributed by atoms with Gasteiger partial charge in [-0.25, -0.2) is 0 Å². The summed E-state index contributed by atoms with van der Waals surface area (Å²) >= 11 is 1.82. The van der Waals surface area contributed by atoms with Crippen LogP contribution in [-0.2, 0) is 13.1 Å². The number of thiophene rings is 1. The lowest BCUT2D eigenvalue weighted by atomic mass is 10.3. The van der Waals surface area contributed by atoms with E-state index in [1.54, 1.807) is 0 Å². The van der Waals surface area contributed by atoms with Crippen LogP contribution in [0.4, 0.5) is 0 Å². The maximum atomic E-state index is 2.45. The number of fused-ring (bicyclic) bond motifs is 1. The van der Waals surface area contributed by atoms with Crippen LogP contribution in [-0.4, -0.2) is 23.1 Å². The Labute approximate surface area is 93.8 Å². The van der Waals surface area contributed by atoms with Crippen molar-refractivity contribution in [1.29, 1.82) is 0 Å². The van der Waals surface area contributed by atoms with Gasteiger partial charge in [-0.2, -0.15) is 0 Å². The SMILES string of the molecule is CN1CCn2c(ccc2-c2cccs2)C1. The van der Waals surface area contributed by atoms with Crippen molar-refractivity contribution >= 4 is 11.3 Å². The summed E-state index contributed by atoms with van der Waals surface area (Å²) in [6, 6.07) is 8.82. The molecule has 0 fully saturated rings. The van der Waals surface area contributed by atoms with Crippen LogP contribution in [0.15, 0.2) is 29.6 Å². The molecule has 1 aliphatic heterocycles.